The Bertz CT molecular complexity index is 1400. The molecule has 2 aromatic carbocycles. The fraction of sp³-hybridized carbons (Fsp3) is 0.357. The van der Waals surface area contributed by atoms with Crippen LogP contribution in [-0.2, 0) is 0 Å². The molecule has 190 valence electrons. The van der Waals surface area contributed by atoms with Crippen LogP contribution < -0.4 is 9.80 Å². The lowest BCUT2D eigenvalue weighted by Crippen LogP contribution is -2.49. The number of aryl methyl sites for hydroxylation is 1. The van der Waals surface area contributed by atoms with Crippen LogP contribution in [0.15, 0.2) is 59.1 Å². The minimum Gasteiger partial charge on any atom is -0.355 e. The van der Waals surface area contributed by atoms with Crippen LogP contribution in [0.3, 0.4) is 0 Å². The van der Waals surface area contributed by atoms with Crippen molar-refractivity contribution >= 4 is 28.4 Å². The van der Waals surface area contributed by atoms with Gasteiger partial charge in [0.2, 0.25) is 0 Å². The molecule has 2 aliphatic heterocycles. The molecule has 4 aromatic rings. The van der Waals surface area contributed by atoms with E-state index in [9.17, 15) is 4.79 Å². The van der Waals surface area contributed by atoms with Crippen molar-refractivity contribution in [3.05, 3.63) is 66.0 Å². The maximum absolute atomic E-state index is 13.4. The highest BCUT2D eigenvalue weighted by Gasteiger charge is 2.25. The third kappa shape index (κ3) is 4.74. The molecule has 2 saturated heterocycles. The van der Waals surface area contributed by atoms with Crippen LogP contribution in [0.2, 0.25) is 0 Å². The van der Waals surface area contributed by atoms with Crippen LogP contribution in [0.25, 0.3) is 22.2 Å². The summed E-state index contributed by atoms with van der Waals surface area (Å²) in [6, 6.07) is 17.6. The van der Waals surface area contributed by atoms with Crippen LogP contribution in [-0.4, -0.2) is 90.2 Å². The van der Waals surface area contributed by atoms with Crippen molar-refractivity contribution < 1.29 is 9.32 Å². The van der Waals surface area contributed by atoms with Gasteiger partial charge < -0.3 is 24.1 Å². The number of carbonyl (C=O) groups excluding carboxylic acids is 1. The Kier molecular flexibility index (Phi) is 6.21. The van der Waals surface area contributed by atoms with Crippen LogP contribution in [0, 0.1) is 6.92 Å². The Morgan fingerprint density at radius 2 is 1.46 bits per heavy atom. The molecule has 9 nitrogen and oxygen atoms in total. The standard InChI is InChI=1S/C28H31N7O2/c1-20-29-25(33-12-10-32(2)11-13-33)19-26(30-20)34-14-16-35(17-15-34)28(36)22-8-9-24-23(18-22)27(37-31-24)21-6-4-3-5-7-21/h3-9,18-19H,10-17H2,1-2H3. The molecule has 0 saturated carbocycles. The summed E-state index contributed by atoms with van der Waals surface area (Å²) in [5, 5.41) is 5.03. The smallest absolute Gasteiger partial charge is 0.254 e. The Balaban J connectivity index is 1.16. The lowest BCUT2D eigenvalue weighted by molar-refractivity contribution is 0.0746. The van der Waals surface area contributed by atoms with E-state index < -0.39 is 0 Å². The van der Waals surface area contributed by atoms with E-state index in [2.05, 4.69) is 33.0 Å². The fourth-order valence-corrected chi connectivity index (χ4v) is 5.09. The van der Waals surface area contributed by atoms with Gasteiger partial charge in [0.25, 0.3) is 5.91 Å². The van der Waals surface area contributed by atoms with Crippen LogP contribution >= 0.6 is 0 Å². The molecule has 1 amide bonds. The number of aromatic nitrogens is 3. The minimum absolute atomic E-state index is 0.0266. The lowest BCUT2D eigenvalue weighted by Gasteiger charge is -2.37. The summed E-state index contributed by atoms with van der Waals surface area (Å²) < 4.78 is 5.61. The second-order valence-corrected chi connectivity index (χ2v) is 9.81. The van der Waals surface area contributed by atoms with E-state index in [-0.39, 0.29) is 5.91 Å². The lowest BCUT2D eigenvalue weighted by atomic mass is 10.1. The third-order valence-electron chi connectivity index (χ3n) is 7.29. The summed E-state index contributed by atoms with van der Waals surface area (Å²) in [6.45, 7) is 8.70. The van der Waals surface area contributed by atoms with Crippen molar-refractivity contribution in [1.29, 1.82) is 0 Å². The van der Waals surface area contributed by atoms with Gasteiger partial charge in [0.1, 0.15) is 23.0 Å². The van der Waals surface area contributed by atoms with Gasteiger partial charge >= 0.3 is 0 Å². The number of fused-ring (bicyclic) bond motifs is 1. The van der Waals surface area contributed by atoms with Crippen molar-refractivity contribution in [1.82, 2.24) is 24.9 Å². The third-order valence-corrected chi connectivity index (χ3v) is 7.29. The molecule has 37 heavy (non-hydrogen) atoms. The minimum atomic E-state index is 0.0266. The highest BCUT2D eigenvalue weighted by Crippen LogP contribution is 2.30. The molecular weight excluding hydrogens is 466 g/mol. The Morgan fingerprint density at radius 1 is 0.811 bits per heavy atom. The van der Waals surface area contributed by atoms with Gasteiger partial charge in [0.05, 0.1) is 5.39 Å². The molecular formula is C28H31N7O2. The Labute approximate surface area is 216 Å². The first-order valence-corrected chi connectivity index (χ1v) is 12.8. The van der Waals surface area contributed by atoms with Crippen molar-refractivity contribution in [2.45, 2.75) is 6.92 Å². The first kappa shape index (κ1) is 23.4. The van der Waals surface area contributed by atoms with E-state index in [1.165, 1.54) is 0 Å². The zero-order chi connectivity index (χ0) is 25.4. The zero-order valence-corrected chi connectivity index (χ0v) is 21.3. The molecule has 6 rings (SSSR count). The number of likely N-dealkylation sites (N-methyl/N-ethyl adjacent to an activating group) is 1. The van der Waals surface area contributed by atoms with Crippen molar-refractivity contribution in [3.8, 4) is 11.3 Å². The van der Waals surface area contributed by atoms with Gasteiger partial charge in [-0.3, -0.25) is 4.79 Å². The van der Waals surface area contributed by atoms with Crippen molar-refractivity contribution in [2.24, 2.45) is 0 Å². The summed E-state index contributed by atoms with van der Waals surface area (Å²) in [5.74, 6) is 3.42. The predicted octanol–water partition coefficient (Wildman–Crippen LogP) is 3.31. The van der Waals surface area contributed by atoms with Gasteiger partial charge in [0.15, 0.2) is 5.76 Å². The molecule has 2 aromatic heterocycles. The SMILES string of the molecule is Cc1nc(N2CCN(C)CC2)cc(N2CCN(C(=O)c3ccc4noc(-c5ccccc5)c4c3)CC2)n1. The first-order chi connectivity index (χ1) is 18.0. The van der Waals surface area contributed by atoms with Gasteiger partial charge in [-0.05, 0) is 32.2 Å². The number of nitrogens with zero attached hydrogens (tertiary/aromatic N) is 7. The summed E-state index contributed by atoms with van der Waals surface area (Å²) in [4.78, 5) is 31.7. The molecule has 2 fully saturated rings. The van der Waals surface area contributed by atoms with Crippen molar-refractivity contribution in [2.75, 3.05) is 69.2 Å². The van der Waals surface area contributed by atoms with E-state index in [4.69, 9.17) is 14.5 Å². The number of benzene rings is 2. The number of piperazine rings is 2. The molecule has 0 spiro atoms. The molecule has 2 aliphatic rings. The average Bonchev–Trinajstić information content (AvgIpc) is 3.37. The van der Waals surface area contributed by atoms with Crippen LogP contribution in [0.5, 0.6) is 0 Å². The van der Waals surface area contributed by atoms with E-state index in [0.717, 1.165) is 73.2 Å². The monoisotopic (exact) mass is 497 g/mol. The Morgan fingerprint density at radius 3 is 2.14 bits per heavy atom. The zero-order valence-electron chi connectivity index (χ0n) is 21.3. The maximum Gasteiger partial charge on any atom is 0.254 e. The highest BCUT2D eigenvalue weighted by molar-refractivity contribution is 6.01. The number of anilines is 2. The molecule has 0 radical (unpaired) electrons. The summed E-state index contributed by atoms with van der Waals surface area (Å²) in [6.07, 6.45) is 0. The molecule has 0 N–H and O–H groups in total. The van der Waals surface area contributed by atoms with Crippen LogP contribution in [0.1, 0.15) is 16.2 Å². The van der Waals surface area contributed by atoms with Gasteiger partial charge in [0, 0.05) is 69.6 Å². The number of hydrogen-bond donors (Lipinski definition) is 0. The molecule has 9 heteroatoms. The van der Waals surface area contributed by atoms with Crippen molar-refractivity contribution in [3.63, 3.8) is 0 Å². The second kappa shape index (κ2) is 9.82. The highest BCUT2D eigenvalue weighted by atomic mass is 16.5. The average molecular weight is 498 g/mol. The maximum atomic E-state index is 13.4. The van der Waals surface area contributed by atoms with Gasteiger partial charge in [-0.1, -0.05) is 35.5 Å². The summed E-state index contributed by atoms with van der Waals surface area (Å²) in [5.41, 5.74) is 2.34. The predicted molar refractivity (Wildman–Crippen MR) is 144 cm³/mol. The molecule has 0 atom stereocenters. The number of amides is 1. The first-order valence-electron chi connectivity index (χ1n) is 12.8. The normalized spacial score (nSPS) is 17.0. The number of rotatable bonds is 4. The van der Waals surface area contributed by atoms with E-state index >= 15 is 0 Å². The van der Waals surface area contributed by atoms with E-state index in [0.29, 0.717) is 24.4 Å². The van der Waals surface area contributed by atoms with E-state index in [1.54, 1.807) is 0 Å². The molecule has 0 bridgehead atoms. The number of carbonyl (C=O) groups is 1. The van der Waals surface area contributed by atoms with Crippen LogP contribution in [0.4, 0.5) is 11.6 Å². The quantitative estimate of drug-likeness (QED) is 0.425. The summed E-state index contributed by atoms with van der Waals surface area (Å²) >= 11 is 0. The second-order valence-electron chi connectivity index (χ2n) is 9.81. The molecule has 0 unspecified atom stereocenters. The Hall–Kier alpha value is -3.98. The topological polar surface area (TPSA) is 81.8 Å². The number of hydrogen-bond acceptors (Lipinski definition) is 8. The molecule has 0 aliphatic carbocycles. The van der Waals surface area contributed by atoms with E-state index in [1.807, 2.05) is 60.4 Å². The summed E-state index contributed by atoms with van der Waals surface area (Å²) in [7, 11) is 2.15. The largest absolute Gasteiger partial charge is 0.355 e. The van der Waals surface area contributed by atoms with Gasteiger partial charge in [-0.15, -0.1) is 0 Å². The van der Waals surface area contributed by atoms with Gasteiger partial charge in [-0.2, -0.15) is 0 Å². The van der Waals surface area contributed by atoms with Gasteiger partial charge in [-0.25, -0.2) is 9.97 Å². The molecule has 4 heterocycles. The fourth-order valence-electron chi connectivity index (χ4n) is 5.09.